The summed E-state index contributed by atoms with van der Waals surface area (Å²) in [7, 11) is 0. The van der Waals surface area contributed by atoms with Gasteiger partial charge in [-0.15, -0.1) is 0 Å². The summed E-state index contributed by atoms with van der Waals surface area (Å²) in [5.41, 5.74) is 0. The van der Waals surface area contributed by atoms with Crippen molar-refractivity contribution in [1.82, 2.24) is 14.8 Å². The summed E-state index contributed by atoms with van der Waals surface area (Å²) in [6, 6.07) is 0. The fraction of sp³-hybridized carbons (Fsp3) is 0.846. The van der Waals surface area contributed by atoms with Gasteiger partial charge in [-0.2, -0.15) is 5.10 Å². The van der Waals surface area contributed by atoms with Gasteiger partial charge in [-0.1, -0.05) is 20.8 Å². The van der Waals surface area contributed by atoms with Crippen molar-refractivity contribution in [2.45, 2.75) is 52.4 Å². The zero-order chi connectivity index (χ0) is 13.1. The number of hydrogen-bond acceptors (Lipinski definition) is 4. The molecular formula is C13H23N3O2. The maximum atomic E-state index is 10.2. The average molecular weight is 253 g/mol. The third kappa shape index (κ3) is 3.09. The molecule has 5 nitrogen and oxygen atoms in total. The molecule has 0 aliphatic carbocycles. The van der Waals surface area contributed by atoms with Gasteiger partial charge in [-0.25, -0.2) is 9.67 Å². The van der Waals surface area contributed by atoms with Crippen molar-refractivity contribution in [3.8, 4) is 0 Å². The van der Waals surface area contributed by atoms with Gasteiger partial charge in [0.1, 0.15) is 12.2 Å². The second-order valence-electron chi connectivity index (χ2n) is 5.63. The van der Waals surface area contributed by atoms with Crippen LogP contribution in [0.1, 0.15) is 33.0 Å². The van der Waals surface area contributed by atoms with E-state index in [9.17, 15) is 5.11 Å². The molecule has 1 aliphatic heterocycles. The molecule has 0 amide bonds. The lowest BCUT2D eigenvalue weighted by Crippen LogP contribution is -2.33. The standard InChI is InChI=1S/C13H23N3O2/c1-9(2)7-16-12(14-8-15-16)6-11(17)13-10(3)4-5-18-13/h8-11,13,17H,4-7H2,1-3H3. The molecule has 0 radical (unpaired) electrons. The molecule has 1 saturated heterocycles. The van der Waals surface area contributed by atoms with Crippen LogP contribution in [0.15, 0.2) is 6.33 Å². The third-order valence-electron chi connectivity index (χ3n) is 3.45. The first-order chi connectivity index (χ1) is 8.58. The molecule has 0 saturated carbocycles. The fourth-order valence-corrected chi connectivity index (χ4v) is 2.46. The van der Waals surface area contributed by atoms with E-state index in [1.165, 1.54) is 0 Å². The molecule has 18 heavy (non-hydrogen) atoms. The van der Waals surface area contributed by atoms with Crippen molar-refractivity contribution in [2.75, 3.05) is 6.61 Å². The van der Waals surface area contributed by atoms with Crippen LogP contribution in [-0.4, -0.2) is 38.7 Å². The lowest BCUT2D eigenvalue weighted by molar-refractivity contribution is -0.0171. The van der Waals surface area contributed by atoms with Crippen LogP contribution in [0, 0.1) is 11.8 Å². The number of rotatable bonds is 5. The van der Waals surface area contributed by atoms with Gasteiger partial charge in [-0.3, -0.25) is 0 Å². The van der Waals surface area contributed by atoms with Crippen LogP contribution in [0.3, 0.4) is 0 Å². The Kier molecular flexibility index (Phi) is 4.35. The topological polar surface area (TPSA) is 60.2 Å². The van der Waals surface area contributed by atoms with E-state index in [2.05, 4.69) is 30.9 Å². The molecule has 1 aromatic rings. The maximum Gasteiger partial charge on any atom is 0.138 e. The Bertz CT molecular complexity index is 378. The highest BCUT2D eigenvalue weighted by Gasteiger charge is 2.31. The quantitative estimate of drug-likeness (QED) is 0.858. The zero-order valence-electron chi connectivity index (χ0n) is 11.4. The molecule has 1 fully saturated rings. The van der Waals surface area contributed by atoms with E-state index in [1.54, 1.807) is 6.33 Å². The molecule has 3 unspecified atom stereocenters. The lowest BCUT2D eigenvalue weighted by Gasteiger charge is -2.21. The van der Waals surface area contributed by atoms with E-state index in [-0.39, 0.29) is 6.10 Å². The van der Waals surface area contributed by atoms with Gasteiger partial charge in [0.25, 0.3) is 0 Å². The van der Waals surface area contributed by atoms with E-state index < -0.39 is 6.10 Å². The van der Waals surface area contributed by atoms with Crippen molar-refractivity contribution in [2.24, 2.45) is 11.8 Å². The molecule has 3 atom stereocenters. The first-order valence-electron chi connectivity index (χ1n) is 6.74. The molecule has 0 bridgehead atoms. The lowest BCUT2D eigenvalue weighted by atomic mass is 9.97. The molecule has 1 N–H and O–H groups in total. The summed E-state index contributed by atoms with van der Waals surface area (Å²) < 4.78 is 7.47. The molecular weight excluding hydrogens is 230 g/mol. The van der Waals surface area contributed by atoms with Crippen molar-refractivity contribution < 1.29 is 9.84 Å². The highest BCUT2D eigenvalue weighted by atomic mass is 16.5. The summed E-state index contributed by atoms with van der Waals surface area (Å²) in [6.07, 6.45) is 2.55. The van der Waals surface area contributed by atoms with E-state index in [4.69, 9.17) is 4.74 Å². The number of nitrogens with zero attached hydrogens (tertiary/aromatic N) is 3. The number of aromatic nitrogens is 3. The molecule has 1 aromatic heterocycles. The molecule has 0 spiro atoms. The van der Waals surface area contributed by atoms with E-state index in [1.807, 2.05) is 4.68 Å². The average Bonchev–Trinajstić information content (AvgIpc) is 2.88. The summed E-state index contributed by atoms with van der Waals surface area (Å²) >= 11 is 0. The Morgan fingerprint density at radius 3 is 2.94 bits per heavy atom. The van der Waals surface area contributed by atoms with Crippen molar-refractivity contribution in [1.29, 1.82) is 0 Å². The summed E-state index contributed by atoms with van der Waals surface area (Å²) in [4.78, 5) is 4.24. The second kappa shape index (κ2) is 5.80. The first kappa shape index (κ1) is 13.5. The van der Waals surface area contributed by atoms with Gasteiger partial charge in [0.2, 0.25) is 0 Å². The highest BCUT2D eigenvalue weighted by molar-refractivity contribution is 4.92. The monoisotopic (exact) mass is 253 g/mol. The third-order valence-corrected chi connectivity index (χ3v) is 3.45. The predicted octanol–water partition coefficient (Wildman–Crippen LogP) is 1.26. The zero-order valence-corrected chi connectivity index (χ0v) is 11.4. The number of aliphatic hydroxyl groups is 1. The Morgan fingerprint density at radius 2 is 2.33 bits per heavy atom. The van der Waals surface area contributed by atoms with Crippen molar-refractivity contribution in [3.63, 3.8) is 0 Å². The molecule has 1 aliphatic rings. The number of aliphatic hydroxyl groups excluding tert-OH is 1. The normalized spacial score (nSPS) is 25.8. The van der Waals surface area contributed by atoms with Gasteiger partial charge in [0.05, 0.1) is 12.2 Å². The van der Waals surface area contributed by atoms with E-state index in [0.717, 1.165) is 25.4 Å². The smallest absolute Gasteiger partial charge is 0.138 e. The Morgan fingerprint density at radius 1 is 1.56 bits per heavy atom. The van der Waals surface area contributed by atoms with Crippen LogP contribution in [-0.2, 0) is 17.7 Å². The molecule has 2 heterocycles. The molecule has 5 heteroatoms. The van der Waals surface area contributed by atoms with Gasteiger partial charge in [0, 0.05) is 19.6 Å². The first-order valence-corrected chi connectivity index (χ1v) is 6.74. The van der Waals surface area contributed by atoms with Crippen LogP contribution >= 0.6 is 0 Å². The van der Waals surface area contributed by atoms with Crippen molar-refractivity contribution >= 4 is 0 Å². The molecule has 2 rings (SSSR count). The second-order valence-corrected chi connectivity index (χ2v) is 5.63. The van der Waals surface area contributed by atoms with Gasteiger partial charge < -0.3 is 9.84 Å². The Balaban J connectivity index is 1.98. The van der Waals surface area contributed by atoms with Gasteiger partial charge in [0.15, 0.2) is 0 Å². The van der Waals surface area contributed by atoms with Crippen molar-refractivity contribution in [3.05, 3.63) is 12.2 Å². The summed E-state index contributed by atoms with van der Waals surface area (Å²) in [5, 5.41) is 14.5. The van der Waals surface area contributed by atoms with Crippen LogP contribution in [0.4, 0.5) is 0 Å². The predicted molar refractivity (Wildman–Crippen MR) is 68.1 cm³/mol. The minimum atomic E-state index is -0.488. The van der Waals surface area contributed by atoms with E-state index in [0.29, 0.717) is 18.3 Å². The highest BCUT2D eigenvalue weighted by Crippen LogP contribution is 2.24. The van der Waals surface area contributed by atoms with Crippen LogP contribution in [0.25, 0.3) is 0 Å². The minimum absolute atomic E-state index is 0.0609. The van der Waals surface area contributed by atoms with Gasteiger partial charge in [-0.05, 0) is 18.3 Å². The Labute approximate surface area is 108 Å². The number of hydrogen-bond donors (Lipinski definition) is 1. The van der Waals surface area contributed by atoms with Crippen LogP contribution in [0.2, 0.25) is 0 Å². The molecule has 0 aromatic carbocycles. The Hall–Kier alpha value is -0.940. The largest absolute Gasteiger partial charge is 0.390 e. The summed E-state index contributed by atoms with van der Waals surface area (Å²) in [5.74, 6) is 1.78. The van der Waals surface area contributed by atoms with Crippen LogP contribution < -0.4 is 0 Å². The fourth-order valence-electron chi connectivity index (χ4n) is 2.46. The summed E-state index contributed by atoms with van der Waals surface area (Å²) in [6.45, 7) is 8.00. The SMILES string of the molecule is CC(C)Cn1ncnc1CC(O)C1OCCC1C. The minimum Gasteiger partial charge on any atom is -0.390 e. The number of ether oxygens (including phenoxy) is 1. The van der Waals surface area contributed by atoms with Gasteiger partial charge >= 0.3 is 0 Å². The van der Waals surface area contributed by atoms with E-state index >= 15 is 0 Å². The van der Waals surface area contributed by atoms with Crippen LogP contribution in [0.5, 0.6) is 0 Å². The molecule has 102 valence electrons. The maximum absolute atomic E-state index is 10.2.